The Balaban J connectivity index is 1.69. The van der Waals surface area contributed by atoms with Gasteiger partial charge < -0.3 is 9.84 Å². The number of aromatic nitrogens is 1. The molecule has 0 aliphatic heterocycles. The molecule has 0 aliphatic rings. The number of nitrogens with zero attached hydrogens (tertiary/aromatic N) is 2. The van der Waals surface area contributed by atoms with Crippen LogP contribution >= 0.6 is 0 Å². The van der Waals surface area contributed by atoms with Gasteiger partial charge in [0.25, 0.3) is 5.91 Å². The number of hydrazone groups is 1. The van der Waals surface area contributed by atoms with E-state index in [1.54, 1.807) is 12.3 Å². The number of benzene rings is 3. The number of carbonyl (C=O) groups is 1. The zero-order valence-electron chi connectivity index (χ0n) is 23.8. The van der Waals surface area contributed by atoms with Crippen LogP contribution in [0.5, 0.6) is 11.5 Å². The highest BCUT2D eigenvalue weighted by Gasteiger charge is 2.26. The van der Waals surface area contributed by atoms with Crippen molar-refractivity contribution in [3.63, 3.8) is 0 Å². The van der Waals surface area contributed by atoms with Gasteiger partial charge in [0.2, 0.25) is 0 Å². The van der Waals surface area contributed by atoms with E-state index in [4.69, 9.17) is 9.72 Å². The van der Waals surface area contributed by atoms with E-state index in [1.165, 1.54) is 0 Å². The maximum atomic E-state index is 13.4. The Morgan fingerprint density at radius 3 is 2.26 bits per heavy atom. The van der Waals surface area contributed by atoms with Crippen molar-refractivity contribution in [2.24, 2.45) is 5.10 Å². The number of fused-ring (bicyclic) bond motifs is 1. The van der Waals surface area contributed by atoms with Gasteiger partial charge in [-0.1, -0.05) is 71.9 Å². The monoisotopic (exact) mass is 523 g/mol. The number of phenolic OH excluding ortho intramolecular Hbond substituents is 1. The van der Waals surface area contributed by atoms with Crippen molar-refractivity contribution in [3.05, 3.63) is 89.0 Å². The summed E-state index contributed by atoms with van der Waals surface area (Å²) in [5, 5.41) is 16.0. The third kappa shape index (κ3) is 6.28. The lowest BCUT2D eigenvalue weighted by atomic mass is 9.78. The second-order valence-corrected chi connectivity index (χ2v) is 11.7. The van der Waals surface area contributed by atoms with E-state index in [0.717, 1.165) is 33.4 Å². The highest BCUT2D eigenvalue weighted by atomic mass is 16.5. The number of ether oxygens (including phenoxy) is 1. The van der Waals surface area contributed by atoms with Crippen molar-refractivity contribution in [1.29, 1.82) is 0 Å². The van der Waals surface area contributed by atoms with Crippen LogP contribution in [0.15, 0.2) is 71.8 Å². The van der Waals surface area contributed by atoms with Crippen LogP contribution in [0, 0.1) is 0 Å². The summed E-state index contributed by atoms with van der Waals surface area (Å²) in [4.78, 5) is 18.2. The van der Waals surface area contributed by atoms with E-state index in [9.17, 15) is 9.90 Å². The van der Waals surface area contributed by atoms with Gasteiger partial charge in [-0.15, -0.1) is 0 Å². The van der Waals surface area contributed by atoms with Crippen LogP contribution in [0.3, 0.4) is 0 Å². The van der Waals surface area contributed by atoms with Crippen LogP contribution in [0.4, 0.5) is 0 Å². The standard InChI is InChI=1S/C33H37N3O3/c1-8-39-23-13-11-12-22(18-23)29-19-25(24-14-9-10-15-28(24)35-29)31(38)36-34-20-21-16-26(32(2,3)4)30(37)27(17-21)33(5,6)7/h9-20,37H,8H2,1-7H3,(H,36,38)/b34-20-. The molecule has 0 unspecified atom stereocenters. The molecule has 0 bridgehead atoms. The molecule has 1 heterocycles. The van der Waals surface area contributed by atoms with Crippen molar-refractivity contribution in [1.82, 2.24) is 10.4 Å². The number of aromatic hydroxyl groups is 1. The fourth-order valence-corrected chi connectivity index (χ4v) is 4.52. The molecule has 0 aliphatic carbocycles. The number of pyridine rings is 1. The average Bonchev–Trinajstić information content (AvgIpc) is 2.87. The van der Waals surface area contributed by atoms with Gasteiger partial charge in [-0.05, 0) is 59.7 Å². The Morgan fingerprint density at radius 2 is 1.62 bits per heavy atom. The molecule has 0 saturated carbocycles. The molecule has 0 spiro atoms. The average molecular weight is 524 g/mol. The normalized spacial score (nSPS) is 12.2. The third-order valence-corrected chi connectivity index (χ3v) is 6.53. The molecule has 2 N–H and O–H groups in total. The number of nitrogens with one attached hydrogen (secondary N) is 1. The van der Waals surface area contributed by atoms with Gasteiger partial charge in [0.05, 0.1) is 29.6 Å². The molecule has 39 heavy (non-hydrogen) atoms. The molecular formula is C33H37N3O3. The fourth-order valence-electron chi connectivity index (χ4n) is 4.52. The summed E-state index contributed by atoms with van der Waals surface area (Å²) >= 11 is 0. The first-order valence-electron chi connectivity index (χ1n) is 13.2. The largest absolute Gasteiger partial charge is 0.507 e. The van der Waals surface area contributed by atoms with Gasteiger partial charge >= 0.3 is 0 Å². The first kappa shape index (κ1) is 27.8. The van der Waals surface area contributed by atoms with E-state index in [0.29, 0.717) is 29.1 Å². The highest BCUT2D eigenvalue weighted by Crippen LogP contribution is 2.39. The number of hydrogen-bond donors (Lipinski definition) is 2. The summed E-state index contributed by atoms with van der Waals surface area (Å²) in [5.41, 5.74) is 7.37. The summed E-state index contributed by atoms with van der Waals surface area (Å²) in [5.74, 6) is 0.719. The van der Waals surface area contributed by atoms with Gasteiger partial charge in [-0.25, -0.2) is 10.4 Å². The SMILES string of the molecule is CCOc1cccc(-c2cc(C(=O)N/N=C\c3cc(C(C)(C)C)c(O)c(C(C)(C)C)c3)c3ccccc3n2)c1. The lowest BCUT2D eigenvalue weighted by molar-refractivity contribution is 0.0956. The molecule has 1 aromatic heterocycles. The molecule has 0 saturated heterocycles. The maximum Gasteiger partial charge on any atom is 0.272 e. The molecule has 6 nitrogen and oxygen atoms in total. The Hall–Kier alpha value is -4.19. The van der Waals surface area contributed by atoms with E-state index >= 15 is 0 Å². The van der Waals surface area contributed by atoms with Crippen LogP contribution in [-0.2, 0) is 10.8 Å². The molecule has 0 fully saturated rings. The molecule has 6 heteroatoms. The minimum Gasteiger partial charge on any atom is -0.507 e. The quantitative estimate of drug-likeness (QED) is 0.204. The predicted molar refractivity (Wildman–Crippen MR) is 159 cm³/mol. The summed E-state index contributed by atoms with van der Waals surface area (Å²) in [6.07, 6.45) is 1.62. The van der Waals surface area contributed by atoms with E-state index in [1.807, 2.05) is 67.6 Å². The van der Waals surface area contributed by atoms with Crippen molar-refractivity contribution >= 4 is 23.0 Å². The minimum absolute atomic E-state index is 0.261. The lowest BCUT2D eigenvalue weighted by Gasteiger charge is -2.27. The Morgan fingerprint density at radius 1 is 0.949 bits per heavy atom. The van der Waals surface area contributed by atoms with Crippen molar-refractivity contribution in [2.45, 2.75) is 59.3 Å². The number of para-hydroxylation sites is 1. The highest BCUT2D eigenvalue weighted by molar-refractivity contribution is 6.07. The molecule has 0 atom stereocenters. The predicted octanol–water partition coefficient (Wildman–Crippen LogP) is 7.37. The third-order valence-electron chi connectivity index (χ3n) is 6.53. The van der Waals surface area contributed by atoms with Crippen molar-refractivity contribution in [2.75, 3.05) is 6.61 Å². The van der Waals surface area contributed by atoms with Crippen LogP contribution in [0.25, 0.3) is 22.2 Å². The Labute approximate surface area is 230 Å². The Bertz CT molecular complexity index is 1510. The lowest BCUT2D eigenvalue weighted by Crippen LogP contribution is -2.19. The van der Waals surface area contributed by atoms with E-state index < -0.39 is 0 Å². The van der Waals surface area contributed by atoms with E-state index in [2.05, 4.69) is 52.1 Å². The van der Waals surface area contributed by atoms with Gasteiger partial charge in [0.15, 0.2) is 0 Å². The molecule has 3 aromatic carbocycles. The van der Waals surface area contributed by atoms with Gasteiger partial charge in [-0.2, -0.15) is 5.10 Å². The zero-order valence-corrected chi connectivity index (χ0v) is 23.8. The number of amides is 1. The molecule has 4 aromatic rings. The van der Waals surface area contributed by atoms with E-state index in [-0.39, 0.29) is 16.7 Å². The Kier molecular flexibility index (Phi) is 7.77. The second kappa shape index (κ2) is 10.9. The number of hydrogen-bond acceptors (Lipinski definition) is 5. The van der Waals surface area contributed by atoms with Crippen molar-refractivity contribution in [3.8, 4) is 22.8 Å². The number of rotatable bonds is 6. The molecule has 4 rings (SSSR count). The minimum atomic E-state index is -0.335. The second-order valence-electron chi connectivity index (χ2n) is 11.7. The van der Waals surface area contributed by atoms with Gasteiger partial charge in [0, 0.05) is 22.1 Å². The van der Waals surface area contributed by atoms with Gasteiger partial charge in [-0.3, -0.25) is 4.79 Å². The first-order chi connectivity index (χ1) is 18.4. The summed E-state index contributed by atoms with van der Waals surface area (Å²) in [7, 11) is 0. The first-order valence-corrected chi connectivity index (χ1v) is 13.2. The topological polar surface area (TPSA) is 83.8 Å². The molecular weight excluding hydrogens is 486 g/mol. The van der Waals surface area contributed by atoms with Crippen LogP contribution in [0.2, 0.25) is 0 Å². The summed E-state index contributed by atoms with van der Waals surface area (Å²) in [6.45, 7) is 14.9. The van der Waals surface area contributed by atoms with Gasteiger partial charge in [0.1, 0.15) is 11.5 Å². The number of carbonyl (C=O) groups excluding carboxylic acids is 1. The molecule has 202 valence electrons. The molecule has 1 amide bonds. The maximum absolute atomic E-state index is 13.4. The number of phenols is 1. The summed E-state index contributed by atoms with van der Waals surface area (Å²) in [6, 6.07) is 20.9. The smallest absolute Gasteiger partial charge is 0.272 e. The fraction of sp³-hybridized carbons (Fsp3) is 0.303. The summed E-state index contributed by atoms with van der Waals surface area (Å²) < 4.78 is 5.65. The van der Waals surface area contributed by atoms with Crippen molar-refractivity contribution < 1.29 is 14.6 Å². The molecule has 0 radical (unpaired) electrons. The van der Waals surface area contributed by atoms with Crippen LogP contribution < -0.4 is 10.2 Å². The zero-order chi connectivity index (χ0) is 28.4. The van der Waals surface area contributed by atoms with Crippen LogP contribution in [0.1, 0.15) is 75.5 Å². The van der Waals surface area contributed by atoms with Crippen LogP contribution in [-0.4, -0.2) is 28.8 Å².